The van der Waals surface area contributed by atoms with Gasteiger partial charge in [0, 0.05) is 18.1 Å². The van der Waals surface area contributed by atoms with Gasteiger partial charge in [-0.05, 0) is 12.1 Å². The van der Waals surface area contributed by atoms with Crippen molar-refractivity contribution in [1.29, 1.82) is 0 Å². The lowest BCUT2D eigenvalue weighted by atomic mass is 10.0. The molecule has 0 fully saturated rings. The lowest BCUT2D eigenvalue weighted by Gasteiger charge is -2.27. The molecular weight excluding hydrogens is 305 g/mol. The summed E-state index contributed by atoms with van der Waals surface area (Å²) in [5, 5.41) is 8.97. The Balaban J connectivity index is 2.04. The van der Waals surface area contributed by atoms with Crippen molar-refractivity contribution in [2.24, 2.45) is 0 Å². The maximum absolute atomic E-state index is 13.0. The Hall–Kier alpha value is -2.38. The van der Waals surface area contributed by atoms with Crippen LogP contribution in [0.5, 0.6) is 17.2 Å². The molecule has 2 aliphatic heterocycles. The van der Waals surface area contributed by atoms with Crippen LogP contribution in [-0.2, 0) is 4.79 Å². The van der Waals surface area contributed by atoms with E-state index in [0.717, 1.165) is 6.08 Å². The van der Waals surface area contributed by atoms with Gasteiger partial charge < -0.3 is 19.3 Å². The molecule has 0 bridgehead atoms. The minimum Gasteiger partial charge on any atom is -0.478 e. The number of benzene rings is 1. The second kappa shape index (κ2) is 4.82. The van der Waals surface area contributed by atoms with E-state index < -0.39 is 30.1 Å². The Morgan fingerprint density at radius 2 is 1.82 bits per heavy atom. The molecule has 8 heteroatoms. The molecule has 118 valence electrons. The highest BCUT2D eigenvalue weighted by Crippen LogP contribution is 2.45. The Kier molecular flexibility index (Phi) is 3.19. The van der Waals surface area contributed by atoms with E-state index in [9.17, 15) is 18.0 Å². The zero-order chi connectivity index (χ0) is 16.1. The average molecular weight is 316 g/mol. The molecule has 2 aliphatic rings. The summed E-state index contributed by atoms with van der Waals surface area (Å²) in [5.41, 5.74) is -0.664. The zero-order valence-corrected chi connectivity index (χ0v) is 11.3. The average Bonchev–Trinajstić information content (AvgIpc) is 2.84. The van der Waals surface area contributed by atoms with Gasteiger partial charge in [-0.3, -0.25) is 0 Å². The number of carboxylic acid groups (broad SMARTS) is 1. The number of carbonyl (C=O) groups is 1. The number of halogens is 3. The van der Waals surface area contributed by atoms with Crippen LogP contribution in [0.4, 0.5) is 13.2 Å². The lowest BCUT2D eigenvalue weighted by molar-refractivity contribution is -0.187. The zero-order valence-electron chi connectivity index (χ0n) is 11.3. The summed E-state index contributed by atoms with van der Waals surface area (Å²) in [4.78, 5) is 11.0. The minimum atomic E-state index is -4.83. The molecule has 1 aromatic rings. The van der Waals surface area contributed by atoms with Crippen LogP contribution in [0.1, 0.15) is 18.9 Å². The van der Waals surface area contributed by atoms with Crippen LogP contribution < -0.4 is 14.2 Å². The van der Waals surface area contributed by atoms with Crippen LogP contribution in [-0.4, -0.2) is 29.6 Å². The van der Waals surface area contributed by atoms with Gasteiger partial charge in [-0.2, -0.15) is 13.2 Å². The largest absolute Gasteiger partial charge is 0.478 e. The second-order valence-electron chi connectivity index (χ2n) is 4.85. The number of carboxylic acids is 1. The summed E-state index contributed by atoms with van der Waals surface area (Å²) < 4.78 is 54.5. The van der Waals surface area contributed by atoms with Crippen molar-refractivity contribution in [3.05, 3.63) is 23.3 Å². The van der Waals surface area contributed by atoms with Crippen molar-refractivity contribution in [1.82, 2.24) is 0 Å². The molecule has 2 heterocycles. The van der Waals surface area contributed by atoms with Gasteiger partial charge in [-0.25, -0.2) is 4.79 Å². The number of ether oxygens (including phenoxy) is 3. The molecule has 5 nitrogen and oxygen atoms in total. The van der Waals surface area contributed by atoms with Gasteiger partial charge in [-0.1, -0.05) is 6.92 Å². The van der Waals surface area contributed by atoms with E-state index in [4.69, 9.17) is 19.3 Å². The van der Waals surface area contributed by atoms with Gasteiger partial charge in [0.2, 0.25) is 12.4 Å². The minimum absolute atomic E-state index is 0.0913. The summed E-state index contributed by atoms with van der Waals surface area (Å²) in [6.07, 6.45) is -6.35. The van der Waals surface area contributed by atoms with Crippen LogP contribution in [0.15, 0.2) is 17.7 Å². The van der Waals surface area contributed by atoms with Crippen LogP contribution in [0.3, 0.4) is 0 Å². The monoisotopic (exact) mass is 316 g/mol. The SMILES string of the molecule is CCC1Oc2cc3c(cc2O1)OC(C(F)(F)F)C(C(=O)O)=C3. The predicted octanol–water partition coefficient (Wildman–Crippen LogP) is 2.99. The highest BCUT2D eigenvalue weighted by molar-refractivity contribution is 5.95. The number of aliphatic carboxylic acids is 1. The first-order valence-electron chi connectivity index (χ1n) is 6.49. The fourth-order valence-corrected chi connectivity index (χ4v) is 2.28. The van der Waals surface area contributed by atoms with Gasteiger partial charge >= 0.3 is 12.1 Å². The van der Waals surface area contributed by atoms with E-state index >= 15 is 0 Å². The fraction of sp³-hybridized carbons (Fsp3) is 0.357. The van der Waals surface area contributed by atoms with Crippen molar-refractivity contribution in [2.45, 2.75) is 31.9 Å². The molecule has 2 unspecified atom stereocenters. The summed E-state index contributed by atoms with van der Waals surface area (Å²) in [6.45, 7) is 1.83. The fourth-order valence-electron chi connectivity index (χ4n) is 2.28. The smallest absolute Gasteiger partial charge is 0.430 e. The number of hydrogen-bond donors (Lipinski definition) is 1. The summed E-state index contributed by atoms with van der Waals surface area (Å²) in [5.74, 6) is -1.15. The number of hydrogen-bond acceptors (Lipinski definition) is 4. The van der Waals surface area contributed by atoms with E-state index in [1.165, 1.54) is 12.1 Å². The van der Waals surface area contributed by atoms with Crippen molar-refractivity contribution >= 4 is 12.0 Å². The van der Waals surface area contributed by atoms with Gasteiger partial charge in [0.25, 0.3) is 0 Å². The van der Waals surface area contributed by atoms with Crippen LogP contribution in [0.25, 0.3) is 6.08 Å². The van der Waals surface area contributed by atoms with E-state index in [1.807, 2.05) is 6.92 Å². The molecule has 1 N–H and O–H groups in total. The maximum atomic E-state index is 13.0. The highest BCUT2D eigenvalue weighted by Gasteiger charge is 2.48. The topological polar surface area (TPSA) is 65.0 Å². The van der Waals surface area contributed by atoms with Gasteiger partial charge in [0.15, 0.2) is 11.5 Å². The third-order valence-electron chi connectivity index (χ3n) is 3.31. The molecule has 0 amide bonds. The van der Waals surface area contributed by atoms with Gasteiger partial charge in [-0.15, -0.1) is 0 Å². The third-order valence-corrected chi connectivity index (χ3v) is 3.31. The number of rotatable bonds is 2. The maximum Gasteiger partial charge on any atom is 0.430 e. The highest BCUT2D eigenvalue weighted by atomic mass is 19.4. The molecule has 0 aromatic heterocycles. The third kappa shape index (κ3) is 2.34. The Morgan fingerprint density at radius 3 is 2.36 bits per heavy atom. The number of fused-ring (bicyclic) bond motifs is 2. The van der Waals surface area contributed by atoms with Gasteiger partial charge in [0.1, 0.15) is 5.75 Å². The Bertz CT molecular complexity index is 665. The number of alkyl halides is 3. The van der Waals surface area contributed by atoms with E-state index in [-0.39, 0.29) is 17.1 Å². The standard InChI is InChI=1S/C14H11F3O5/c1-2-11-20-9-4-6-3-7(13(18)19)12(14(15,16)17)22-8(6)5-10(9)21-11/h3-5,11-12H,2H2,1H3,(H,18,19). The summed E-state index contributed by atoms with van der Waals surface area (Å²) in [6, 6.07) is 2.70. The molecular formula is C14H11F3O5. The molecule has 0 saturated carbocycles. The Morgan fingerprint density at radius 1 is 1.18 bits per heavy atom. The molecule has 1 aromatic carbocycles. The second-order valence-corrected chi connectivity index (χ2v) is 4.85. The van der Waals surface area contributed by atoms with E-state index in [1.54, 1.807) is 0 Å². The molecule has 22 heavy (non-hydrogen) atoms. The first kappa shape index (κ1) is 14.6. The van der Waals surface area contributed by atoms with Crippen molar-refractivity contribution in [2.75, 3.05) is 0 Å². The summed E-state index contributed by atoms with van der Waals surface area (Å²) >= 11 is 0. The predicted molar refractivity (Wildman–Crippen MR) is 67.9 cm³/mol. The van der Waals surface area contributed by atoms with E-state index in [2.05, 4.69) is 0 Å². The van der Waals surface area contributed by atoms with Crippen molar-refractivity contribution < 1.29 is 37.3 Å². The molecule has 0 saturated heterocycles. The molecule has 0 radical (unpaired) electrons. The van der Waals surface area contributed by atoms with Crippen molar-refractivity contribution in [3.8, 4) is 17.2 Å². The summed E-state index contributed by atoms with van der Waals surface area (Å²) in [7, 11) is 0. The van der Waals surface area contributed by atoms with Crippen LogP contribution in [0.2, 0.25) is 0 Å². The molecule has 0 spiro atoms. The molecule has 3 rings (SSSR count). The Labute approximate surface area is 122 Å². The van der Waals surface area contributed by atoms with Gasteiger partial charge in [0.05, 0.1) is 5.57 Å². The quantitative estimate of drug-likeness (QED) is 0.908. The molecule has 2 atom stereocenters. The molecule has 0 aliphatic carbocycles. The first-order valence-corrected chi connectivity index (χ1v) is 6.49. The van der Waals surface area contributed by atoms with Crippen molar-refractivity contribution in [3.63, 3.8) is 0 Å². The van der Waals surface area contributed by atoms with Crippen LogP contribution >= 0.6 is 0 Å². The normalized spacial score (nSPS) is 22.6. The van der Waals surface area contributed by atoms with E-state index in [0.29, 0.717) is 12.2 Å². The lowest BCUT2D eigenvalue weighted by Crippen LogP contribution is -2.40. The first-order chi connectivity index (χ1) is 10.3. The van der Waals surface area contributed by atoms with Crippen LogP contribution in [0, 0.1) is 0 Å².